The highest BCUT2D eigenvalue weighted by atomic mass is 79.9. The Balaban J connectivity index is 2.28. The van der Waals surface area contributed by atoms with E-state index in [1.165, 1.54) is 66.7 Å². The van der Waals surface area contributed by atoms with Gasteiger partial charge in [0.1, 0.15) is 0 Å². The average molecular weight is 600 g/mol. The molecule has 0 saturated carbocycles. The second-order valence-corrected chi connectivity index (χ2v) is 12.2. The summed E-state index contributed by atoms with van der Waals surface area (Å²) in [5.41, 5.74) is -0.162. The number of halogens is 4. The summed E-state index contributed by atoms with van der Waals surface area (Å²) in [5.74, 6) is 0. The molecule has 0 saturated heterocycles. The Morgan fingerprint density at radius 2 is 1.03 bits per heavy atom. The SMILES string of the molecule is O=S(=O)(c1ccc(Br)cc1)N(c1ccc(Cl)c(Cl)c1)S(=O)(=O)c1ccc(Br)cc1. The lowest BCUT2D eigenvalue weighted by Crippen LogP contribution is -2.37. The second kappa shape index (κ2) is 8.56. The highest BCUT2D eigenvalue weighted by Crippen LogP contribution is 2.35. The number of benzene rings is 3. The Hall–Kier alpha value is -1.10. The predicted molar refractivity (Wildman–Crippen MR) is 122 cm³/mol. The normalized spacial score (nSPS) is 12.0. The molecule has 0 heterocycles. The van der Waals surface area contributed by atoms with E-state index in [-0.39, 0.29) is 25.5 Å². The van der Waals surface area contributed by atoms with Gasteiger partial charge in [-0.25, -0.2) is 16.8 Å². The number of hydrogen-bond donors (Lipinski definition) is 0. The van der Waals surface area contributed by atoms with Gasteiger partial charge in [0.05, 0.1) is 25.5 Å². The fraction of sp³-hybridized carbons (Fsp3) is 0. The minimum Gasteiger partial charge on any atom is -0.200 e. The average Bonchev–Trinajstić information content (AvgIpc) is 2.65. The molecule has 0 fully saturated rings. The highest BCUT2D eigenvalue weighted by Gasteiger charge is 2.37. The monoisotopic (exact) mass is 597 g/mol. The maximum Gasteiger partial charge on any atom is 0.277 e. The van der Waals surface area contributed by atoms with Crippen LogP contribution in [0.15, 0.2) is 85.5 Å². The molecule has 3 aromatic rings. The summed E-state index contributed by atoms with van der Waals surface area (Å²) in [4.78, 5) is -0.403. The van der Waals surface area contributed by atoms with Crippen LogP contribution in [-0.2, 0) is 20.0 Å². The molecule has 0 atom stereocenters. The van der Waals surface area contributed by atoms with Crippen LogP contribution in [0.3, 0.4) is 0 Å². The van der Waals surface area contributed by atoms with Crippen LogP contribution in [0.1, 0.15) is 0 Å². The van der Waals surface area contributed by atoms with Gasteiger partial charge in [-0.1, -0.05) is 55.1 Å². The maximum absolute atomic E-state index is 13.4. The molecule has 152 valence electrons. The van der Waals surface area contributed by atoms with Gasteiger partial charge in [-0.3, -0.25) is 0 Å². The molecule has 3 aromatic carbocycles. The summed E-state index contributed by atoms with van der Waals surface area (Å²) in [6, 6.07) is 15.1. The van der Waals surface area contributed by atoms with E-state index >= 15 is 0 Å². The van der Waals surface area contributed by atoms with Crippen LogP contribution in [0.5, 0.6) is 0 Å². The van der Waals surface area contributed by atoms with Crippen LogP contribution >= 0.6 is 55.1 Å². The molecule has 0 N–H and O–H groups in total. The van der Waals surface area contributed by atoms with Crippen molar-refractivity contribution in [2.24, 2.45) is 0 Å². The van der Waals surface area contributed by atoms with E-state index in [4.69, 9.17) is 23.2 Å². The molecule has 0 aliphatic heterocycles. The van der Waals surface area contributed by atoms with Gasteiger partial charge in [-0.2, -0.15) is 3.71 Å². The van der Waals surface area contributed by atoms with Gasteiger partial charge >= 0.3 is 0 Å². The smallest absolute Gasteiger partial charge is 0.200 e. The van der Waals surface area contributed by atoms with Crippen LogP contribution in [0, 0.1) is 0 Å². The summed E-state index contributed by atoms with van der Waals surface area (Å²) >= 11 is 18.4. The third-order valence-corrected chi connectivity index (χ3v) is 9.78. The van der Waals surface area contributed by atoms with Crippen molar-refractivity contribution in [2.45, 2.75) is 9.79 Å². The first-order valence-electron chi connectivity index (χ1n) is 7.80. The Morgan fingerprint density at radius 1 is 0.621 bits per heavy atom. The van der Waals surface area contributed by atoms with Crippen molar-refractivity contribution < 1.29 is 16.8 Å². The van der Waals surface area contributed by atoms with Crippen molar-refractivity contribution in [3.8, 4) is 0 Å². The molecule has 0 aliphatic rings. The van der Waals surface area contributed by atoms with Gasteiger partial charge in [0.25, 0.3) is 20.0 Å². The van der Waals surface area contributed by atoms with E-state index in [1.807, 2.05) is 0 Å². The van der Waals surface area contributed by atoms with Gasteiger partial charge in [-0.05, 0) is 66.7 Å². The number of anilines is 1. The zero-order valence-corrected chi connectivity index (χ0v) is 20.6. The molecule has 0 unspecified atom stereocenters. The standard InChI is InChI=1S/C18H11Br2Cl2NO4S2/c19-12-1-6-15(7-2-12)28(24,25)23(14-5-10-17(21)18(22)11-14)29(26,27)16-8-3-13(20)4-9-16/h1-11H. The summed E-state index contributed by atoms with van der Waals surface area (Å²) < 4.78 is 55.1. The van der Waals surface area contributed by atoms with Crippen molar-refractivity contribution in [3.05, 3.63) is 85.7 Å². The van der Waals surface area contributed by atoms with Crippen LogP contribution in [0.4, 0.5) is 5.69 Å². The second-order valence-electron chi connectivity index (χ2n) is 5.71. The quantitative estimate of drug-likeness (QED) is 0.355. The number of sulfonamides is 2. The molecule has 0 aliphatic carbocycles. The van der Waals surface area contributed by atoms with E-state index in [1.54, 1.807) is 0 Å². The summed E-state index contributed by atoms with van der Waals surface area (Å²) in [5, 5.41) is 0.184. The van der Waals surface area contributed by atoms with Gasteiger partial charge in [0.15, 0.2) is 0 Å². The van der Waals surface area contributed by atoms with E-state index in [0.29, 0.717) is 12.7 Å². The third kappa shape index (κ3) is 4.65. The van der Waals surface area contributed by atoms with Crippen LogP contribution < -0.4 is 3.71 Å². The van der Waals surface area contributed by atoms with Crippen molar-refractivity contribution in [1.29, 1.82) is 0 Å². The number of rotatable bonds is 5. The minimum atomic E-state index is -4.51. The lowest BCUT2D eigenvalue weighted by atomic mass is 10.3. The number of nitrogens with zero attached hydrogens (tertiary/aromatic N) is 1. The minimum absolute atomic E-state index is 0.0196. The first kappa shape index (κ1) is 22.6. The molecule has 0 aromatic heterocycles. The molecule has 29 heavy (non-hydrogen) atoms. The van der Waals surface area contributed by atoms with Gasteiger partial charge in [0.2, 0.25) is 0 Å². The Labute approximate surface area is 195 Å². The summed E-state index contributed by atoms with van der Waals surface area (Å²) in [6.07, 6.45) is 0. The fourth-order valence-corrected chi connectivity index (χ4v) is 6.91. The van der Waals surface area contributed by atoms with Crippen LogP contribution in [-0.4, -0.2) is 16.8 Å². The molecule has 0 bridgehead atoms. The van der Waals surface area contributed by atoms with Gasteiger partial charge in [0, 0.05) is 8.95 Å². The molecule has 0 radical (unpaired) electrons. The molecule has 0 amide bonds. The lowest BCUT2D eigenvalue weighted by Gasteiger charge is -2.24. The molecule has 11 heteroatoms. The maximum atomic E-state index is 13.4. The molecule has 5 nitrogen and oxygen atoms in total. The molecule has 3 rings (SSSR count). The van der Waals surface area contributed by atoms with Gasteiger partial charge < -0.3 is 0 Å². The third-order valence-electron chi connectivity index (χ3n) is 3.77. The zero-order valence-electron chi connectivity index (χ0n) is 14.3. The van der Waals surface area contributed by atoms with E-state index in [0.717, 1.165) is 0 Å². The fourth-order valence-electron chi connectivity index (χ4n) is 2.41. The van der Waals surface area contributed by atoms with E-state index in [2.05, 4.69) is 31.9 Å². The first-order valence-corrected chi connectivity index (χ1v) is 13.0. The molecule has 0 spiro atoms. The number of hydrogen-bond acceptors (Lipinski definition) is 4. The van der Waals surface area contributed by atoms with Crippen molar-refractivity contribution in [2.75, 3.05) is 3.71 Å². The molecular formula is C18H11Br2Cl2NO4S2. The lowest BCUT2D eigenvalue weighted by molar-refractivity contribution is 0.584. The van der Waals surface area contributed by atoms with Crippen LogP contribution in [0.25, 0.3) is 0 Å². The van der Waals surface area contributed by atoms with E-state index in [9.17, 15) is 16.8 Å². The van der Waals surface area contributed by atoms with Gasteiger partial charge in [-0.15, -0.1) is 0 Å². The van der Waals surface area contributed by atoms with Crippen molar-refractivity contribution in [1.82, 2.24) is 0 Å². The topological polar surface area (TPSA) is 71.5 Å². The van der Waals surface area contributed by atoms with Crippen LogP contribution in [0.2, 0.25) is 10.0 Å². The first-order chi connectivity index (χ1) is 13.5. The summed E-state index contributed by atoms with van der Waals surface area (Å²) in [7, 11) is -9.01. The van der Waals surface area contributed by atoms with E-state index < -0.39 is 20.0 Å². The largest absolute Gasteiger partial charge is 0.277 e. The Bertz CT molecular complexity index is 1190. The van der Waals surface area contributed by atoms with Crippen molar-refractivity contribution in [3.63, 3.8) is 0 Å². The Morgan fingerprint density at radius 3 is 1.41 bits per heavy atom. The summed E-state index contributed by atoms with van der Waals surface area (Å²) in [6.45, 7) is 0. The van der Waals surface area contributed by atoms with Crippen molar-refractivity contribution >= 4 is 80.8 Å². The highest BCUT2D eigenvalue weighted by molar-refractivity contribution is 9.10. The Kier molecular flexibility index (Phi) is 6.67. The zero-order chi connectivity index (χ0) is 21.4. The predicted octanol–water partition coefficient (Wildman–Crippen LogP) is 6.10. The molecular weight excluding hydrogens is 589 g/mol.